The molecule has 0 aliphatic heterocycles. The Morgan fingerprint density at radius 2 is 2.10 bits per heavy atom. The Hall–Kier alpha value is -0.260. The van der Waals surface area contributed by atoms with E-state index in [0.29, 0.717) is 4.75 Å². The highest BCUT2D eigenvalue weighted by Gasteiger charge is 2.32. The van der Waals surface area contributed by atoms with Crippen LogP contribution in [0.3, 0.4) is 0 Å². The first-order chi connectivity index (χ1) is 9.63. The van der Waals surface area contributed by atoms with E-state index in [9.17, 15) is 0 Å². The van der Waals surface area contributed by atoms with Crippen LogP contribution in [-0.4, -0.2) is 20.6 Å². The Morgan fingerprint density at radius 3 is 2.80 bits per heavy atom. The summed E-state index contributed by atoms with van der Waals surface area (Å²) in [5.74, 6) is 0. The third-order valence-electron chi connectivity index (χ3n) is 4.38. The first-order valence-electron chi connectivity index (χ1n) is 7.07. The molecule has 3 rings (SSSR count). The first kappa shape index (κ1) is 14.7. The van der Waals surface area contributed by atoms with Crippen molar-refractivity contribution in [3.05, 3.63) is 27.4 Å². The van der Waals surface area contributed by atoms with Crippen LogP contribution < -0.4 is 0 Å². The van der Waals surface area contributed by atoms with Gasteiger partial charge in [0.05, 0.1) is 11.0 Å². The summed E-state index contributed by atoms with van der Waals surface area (Å²) in [5.41, 5.74) is 2.34. The van der Waals surface area contributed by atoms with Gasteiger partial charge in [0, 0.05) is 15.8 Å². The van der Waals surface area contributed by atoms with Crippen molar-refractivity contribution in [3.8, 4) is 0 Å². The van der Waals surface area contributed by atoms with Crippen molar-refractivity contribution >= 4 is 50.9 Å². The number of benzene rings is 1. The van der Waals surface area contributed by atoms with E-state index < -0.39 is 0 Å². The van der Waals surface area contributed by atoms with Gasteiger partial charge in [0.2, 0.25) is 0 Å². The molecule has 0 saturated heterocycles. The average Bonchev–Trinajstić information content (AvgIpc) is 2.76. The second-order valence-corrected chi connectivity index (χ2v) is 8.20. The van der Waals surface area contributed by atoms with Gasteiger partial charge < -0.3 is 9.55 Å². The number of aromatic amines is 1. The molecule has 0 atom stereocenters. The Kier molecular flexibility index (Phi) is 4.29. The molecule has 0 spiro atoms. The quantitative estimate of drug-likeness (QED) is 0.717. The zero-order valence-corrected chi connectivity index (χ0v) is 14.8. The van der Waals surface area contributed by atoms with E-state index in [2.05, 4.69) is 49.9 Å². The summed E-state index contributed by atoms with van der Waals surface area (Å²) in [6, 6.07) is 6.32. The molecule has 20 heavy (non-hydrogen) atoms. The predicted octanol–water partition coefficient (Wildman–Crippen LogP) is 5.53. The highest BCUT2D eigenvalue weighted by atomic mass is 79.9. The average molecular weight is 371 g/mol. The van der Waals surface area contributed by atoms with E-state index in [4.69, 9.17) is 12.2 Å². The van der Waals surface area contributed by atoms with Gasteiger partial charge in [-0.05, 0) is 49.5 Å². The third-order valence-corrected chi connectivity index (χ3v) is 6.60. The maximum atomic E-state index is 5.55. The second-order valence-electron chi connectivity index (χ2n) is 5.63. The van der Waals surface area contributed by atoms with Crippen LogP contribution >= 0.6 is 39.9 Å². The van der Waals surface area contributed by atoms with Crippen molar-refractivity contribution in [3.63, 3.8) is 0 Å². The summed E-state index contributed by atoms with van der Waals surface area (Å²) in [6.45, 7) is 1.02. The number of H-pyrrole nitrogens is 1. The molecule has 1 aliphatic rings. The molecule has 1 aromatic carbocycles. The first-order valence-corrected chi connectivity index (χ1v) is 9.49. The van der Waals surface area contributed by atoms with Crippen molar-refractivity contribution in [1.29, 1.82) is 0 Å². The van der Waals surface area contributed by atoms with E-state index in [1.165, 1.54) is 37.6 Å². The molecule has 0 radical (unpaired) electrons. The van der Waals surface area contributed by atoms with Gasteiger partial charge in [-0.15, -0.1) is 0 Å². The van der Waals surface area contributed by atoms with E-state index in [1.807, 2.05) is 11.8 Å². The van der Waals surface area contributed by atoms with Crippen LogP contribution in [0.1, 0.15) is 32.1 Å². The highest BCUT2D eigenvalue weighted by molar-refractivity contribution is 9.10. The number of halogens is 1. The normalized spacial score (nSPS) is 18.5. The molecule has 1 fully saturated rings. The minimum atomic E-state index is 0.355. The number of nitrogens with one attached hydrogen (secondary N) is 1. The van der Waals surface area contributed by atoms with Gasteiger partial charge in [0.1, 0.15) is 0 Å². The molecule has 0 amide bonds. The summed E-state index contributed by atoms with van der Waals surface area (Å²) in [5, 5.41) is 0. The smallest absolute Gasteiger partial charge is 0.178 e. The van der Waals surface area contributed by atoms with Crippen LogP contribution in [0.15, 0.2) is 22.7 Å². The maximum Gasteiger partial charge on any atom is 0.178 e. The number of fused-ring (bicyclic) bond motifs is 1. The largest absolute Gasteiger partial charge is 0.331 e. The molecular weight excluding hydrogens is 352 g/mol. The molecule has 0 bridgehead atoms. The molecule has 2 aromatic rings. The lowest BCUT2D eigenvalue weighted by Gasteiger charge is -2.36. The summed E-state index contributed by atoms with van der Waals surface area (Å²) >= 11 is 11.1. The van der Waals surface area contributed by atoms with Gasteiger partial charge in [0.15, 0.2) is 4.77 Å². The summed E-state index contributed by atoms with van der Waals surface area (Å²) in [4.78, 5) is 3.33. The SMILES string of the molecule is CSC1(Cn2c(=S)[nH]c3ccc(Br)cc32)CCCCC1. The highest BCUT2D eigenvalue weighted by Crippen LogP contribution is 2.40. The monoisotopic (exact) mass is 370 g/mol. The van der Waals surface area contributed by atoms with Gasteiger partial charge in [-0.25, -0.2) is 0 Å². The van der Waals surface area contributed by atoms with E-state index in [1.54, 1.807) is 0 Å². The van der Waals surface area contributed by atoms with E-state index >= 15 is 0 Å². The van der Waals surface area contributed by atoms with Crippen molar-refractivity contribution < 1.29 is 0 Å². The van der Waals surface area contributed by atoms with Crippen LogP contribution in [-0.2, 0) is 6.54 Å². The lowest BCUT2D eigenvalue weighted by atomic mass is 9.88. The number of aromatic nitrogens is 2. The number of imidazole rings is 1. The van der Waals surface area contributed by atoms with Crippen molar-refractivity contribution in [2.75, 3.05) is 6.26 Å². The maximum absolute atomic E-state index is 5.55. The standard InChI is InChI=1S/C15H19BrN2S2/c1-20-15(7-3-2-4-8-15)10-18-13-9-11(16)5-6-12(13)17-14(18)19/h5-6,9H,2-4,7-8,10H2,1H3,(H,17,19). The molecule has 1 N–H and O–H groups in total. The second kappa shape index (κ2) is 5.85. The Morgan fingerprint density at radius 1 is 1.35 bits per heavy atom. The van der Waals surface area contributed by atoms with Gasteiger partial charge in [-0.1, -0.05) is 35.2 Å². The Labute approximate surface area is 137 Å². The van der Waals surface area contributed by atoms with Gasteiger partial charge >= 0.3 is 0 Å². The Balaban J connectivity index is 2.03. The number of nitrogens with zero attached hydrogens (tertiary/aromatic N) is 1. The van der Waals surface area contributed by atoms with Gasteiger partial charge in [-0.3, -0.25) is 0 Å². The summed E-state index contributed by atoms with van der Waals surface area (Å²) in [7, 11) is 0. The third kappa shape index (κ3) is 2.72. The predicted molar refractivity (Wildman–Crippen MR) is 94.2 cm³/mol. The lowest BCUT2D eigenvalue weighted by Crippen LogP contribution is -2.33. The molecule has 1 aliphatic carbocycles. The van der Waals surface area contributed by atoms with Crippen molar-refractivity contribution in [2.24, 2.45) is 0 Å². The molecule has 1 heterocycles. The molecule has 1 saturated carbocycles. The fourth-order valence-corrected chi connectivity index (χ4v) is 4.77. The van der Waals surface area contributed by atoms with Crippen LogP contribution in [0, 0.1) is 4.77 Å². The number of thioether (sulfide) groups is 1. The zero-order chi connectivity index (χ0) is 14.2. The molecule has 2 nitrogen and oxygen atoms in total. The minimum absolute atomic E-state index is 0.355. The molecule has 108 valence electrons. The molecular formula is C15H19BrN2S2. The van der Waals surface area contributed by atoms with Gasteiger partial charge in [0.25, 0.3) is 0 Å². The van der Waals surface area contributed by atoms with E-state index in [-0.39, 0.29) is 0 Å². The molecule has 5 heteroatoms. The lowest BCUT2D eigenvalue weighted by molar-refractivity contribution is 0.360. The van der Waals surface area contributed by atoms with Crippen molar-refractivity contribution in [1.82, 2.24) is 9.55 Å². The summed E-state index contributed by atoms with van der Waals surface area (Å²) < 4.78 is 4.59. The van der Waals surface area contributed by atoms with Crippen LogP contribution in [0.25, 0.3) is 11.0 Å². The molecule has 1 aromatic heterocycles. The topological polar surface area (TPSA) is 20.7 Å². The summed E-state index contributed by atoms with van der Waals surface area (Å²) in [6.07, 6.45) is 8.93. The fraction of sp³-hybridized carbons (Fsp3) is 0.533. The van der Waals surface area contributed by atoms with Crippen LogP contribution in [0.4, 0.5) is 0 Å². The zero-order valence-electron chi connectivity index (χ0n) is 11.6. The van der Waals surface area contributed by atoms with Crippen molar-refractivity contribution in [2.45, 2.75) is 43.4 Å². The van der Waals surface area contributed by atoms with Gasteiger partial charge in [-0.2, -0.15) is 11.8 Å². The number of rotatable bonds is 3. The number of hydrogen-bond acceptors (Lipinski definition) is 2. The fourth-order valence-electron chi connectivity index (χ4n) is 3.19. The van der Waals surface area contributed by atoms with Crippen LogP contribution in [0.5, 0.6) is 0 Å². The van der Waals surface area contributed by atoms with E-state index in [0.717, 1.165) is 21.3 Å². The number of hydrogen-bond donors (Lipinski definition) is 1. The minimum Gasteiger partial charge on any atom is -0.331 e. The van der Waals surface area contributed by atoms with Crippen LogP contribution in [0.2, 0.25) is 0 Å². The Bertz CT molecular complexity index is 668. The molecule has 0 unspecified atom stereocenters.